The summed E-state index contributed by atoms with van der Waals surface area (Å²) in [5.41, 5.74) is 1.68. The normalized spacial score (nSPS) is 12.2. The van der Waals surface area contributed by atoms with Crippen molar-refractivity contribution in [3.63, 3.8) is 0 Å². The molecule has 2 N–H and O–H groups in total. The predicted molar refractivity (Wildman–Crippen MR) is 56.9 cm³/mol. The monoisotopic (exact) mass is 207 g/mol. The number of aliphatic hydroxyl groups is 1. The van der Waals surface area contributed by atoms with Crippen LogP contribution in [0, 0.1) is 0 Å². The molecule has 0 saturated carbocycles. The first-order valence-electron chi connectivity index (χ1n) is 4.78. The molecule has 15 heavy (non-hydrogen) atoms. The Bertz CT molecular complexity index is 536. The molecule has 0 radical (unpaired) electrons. The van der Waals surface area contributed by atoms with E-state index in [9.17, 15) is 9.90 Å². The van der Waals surface area contributed by atoms with Crippen molar-refractivity contribution in [2.24, 2.45) is 0 Å². The van der Waals surface area contributed by atoms with Crippen molar-refractivity contribution in [1.29, 1.82) is 0 Å². The van der Waals surface area contributed by atoms with Crippen molar-refractivity contribution in [3.05, 3.63) is 34.3 Å². The molecule has 0 aliphatic rings. The minimum atomic E-state index is -0.466. The lowest BCUT2D eigenvalue weighted by Crippen LogP contribution is -2.22. The fourth-order valence-electron chi connectivity index (χ4n) is 1.62. The molecule has 0 bridgehead atoms. The second-order valence-electron chi connectivity index (χ2n) is 4.24. The lowest BCUT2D eigenvalue weighted by molar-refractivity contribution is 0.219. The molecular weight excluding hydrogens is 194 g/mol. The zero-order chi connectivity index (χ0) is 11.1. The Morgan fingerprint density at radius 2 is 2.20 bits per heavy atom. The van der Waals surface area contributed by atoms with Crippen LogP contribution < -0.4 is 5.76 Å². The molecular formula is C11H13NO3. The number of oxazole rings is 1. The first-order valence-corrected chi connectivity index (χ1v) is 4.78. The first-order chi connectivity index (χ1) is 7.04. The highest BCUT2D eigenvalue weighted by Gasteiger charge is 2.23. The van der Waals surface area contributed by atoms with Crippen molar-refractivity contribution in [2.75, 3.05) is 6.61 Å². The van der Waals surface area contributed by atoms with Crippen LogP contribution in [0.25, 0.3) is 11.1 Å². The topological polar surface area (TPSA) is 66.2 Å². The molecule has 1 heterocycles. The summed E-state index contributed by atoms with van der Waals surface area (Å²) < 4.78 is 4.96. The van der Waals surface area contributed by atoms with Crippen molar-refractivity contribution >= 4 is 11.1 Å². The summed E-state index contributed by atoms with van der Waals surface area (Å²) in [7, 11) is 0. The number of nitrogens with one attached hydrogen (secondary N) is 1. The number of aliphatic hydroxyl groups excluding tert-OH is 1. The molecule has 0 fully saturated rings. The van der Waals surface area contributed by atoms with Gasteiger partial charge in [-0.05, 0) is 11.6 Å². The second kappa shape index (κ2) is 3.24. The Morgan fingerprint density at radius 1 is 1.47 bits per heavy atom. The van der Waals surface area contributed by atoms with Gasteiger partial charge in [-0.1, -0.05) is 26.0 Å². The van der Waals surface area contributed by atoms with E-state index < -0.39 is 11.2 Å². The summed E-state index contributed by atoms with van der Waals surface area (Å²) in [6, 6.07) is 5.42. The Morgan fingerprint density at radius 3 is 2.87 bits per heavy atom. The highest BCUT2D eigenvalue weighted by Crippen LogP contribution is 2.28. The van der Waals surface area contributed by atoms with Crippen LogP contribution in [0.3, 0.4) is 0 Å². The van der Waals surface area contributed by atoms with Gasteiger partial charge in [0.15, 0.2) is 5.58 Å². The van der Waals surface area contributed by atoms with Gasteiger partial charge in [0.1, 0.15) is 0 Å². The van der Waals surface area contributed by atoms with Gasteiger partial charge in [-0.15, -0.1) is 0 Å². The smallest absolute Gasteiger partial charge is 0.408 e. The van der Waals surface area contributed by atoms with Gasteiger partial charge in [0.2, 0.25) is 0 Å². The second-order valence-corrected chi connectivity index (χ2v) is 4.24. The van der Waals surface area contributed by atoms with Crippen molar-refractivity contribution in [3.8, 4) is 0 Å². The molecule has 4 heteroatoms. The maximum absolute atomic E-state index is 11.1. The molecule has 0 unspecified atom stereocenters. The van der Waals surface area contributed by atoms with Gasteiger partial charge in [0.05, 0.1) is 12.1 Å². The van der Waals surface area contributed by atoms with Gasteiger partial charge >= 0.3 is 5.76 Å². The van der Waals surface area contributed by atoms with Crippen molar-refractivity contribution in [1.82, 2.24) is 4.98 Å². The molecule has 0 aliphatic heterocycles. The summed E-state index contributed by atoms with van der Waals surface area (Å²) in [6.07, 6.45) is 0. The summed E-state index contributed by atoms with van der Waals surface area (Å²) >= 11 is 0. The molecule has 1 aromatic heterocycles. The Hall–Kier alpha value is -1.55. The highest BCUT2D eigenvalue weighted by atomic mass is 16.4. The largest absolute Gasteiger partial charge is 0.417 e. The van der Waals surface area contributed by atoms with Crippen LogP contribution in [-0.4, -0.2) is 16.7 Å². The van der Waals surface area contributed by atoms with E-state index in [2.05, 4.69) is 4.98 Å². The first kappa shape index (κ1) is 9.98. The molecule has 0 aliphatic carbocycles. The fourth-order valence-corrected chi connectivity index (χ4v) is 1.62. The number of aromatic nitrogens is 1. The Kier molecular flexibility index (Phi) is 2.16. The quantitative estimate of drug-likeness (QED) is 0.782. The van der Waals surface area contributed by atoms with Crippen molar-refractivity contribution < 1.29 is 9.52 Å². The van der Waals surface area contributed by atoms with E-state index in [-0.39, 0.29) is 6.61 Å². The van der Waals surface area contributed by atoms with Gasteiger partial charge in [-0.2, -0.15) is 0 Å². The molecule has 0 atom stereocenters. The third-order valence-corrected chi connectivity index (χ3v) is 2.58. The summed E-state index contributed by atoms with van der Waals surface area (Å²) in [5.74, 6) is -0.466. The molecule has 0 amide bonds. The van der Waals surface area contributed by atoms with E-state index in [0.717, 1.165) is 5.56 Å². The number of fused-ring (bicyclic) bond motifs is 1. The highest BCUT2D eigenvalue weighted by molar-refractivity contribution is 5.77. The van der Waals surface area contributed by atoms with Crippen LogP contribution in [0.15, 0.2) is 27.4 Å². The van der Waals surface area contributed by atoms with Crippen LogP contribution in [0.2, 0.25) is 0 Å². The van der Waals surface area contributed by atoms with Crippen LogP contribution in [0.5, 0.6) is 0 Å². The predicted octanol–water partition coefficient (Wildman–Crippen LogP) is 1.39. The zero-order valence-corrected chi connectivity index (χ0v) is 8.70. The van der Waals surface area contributed by atoms with Crippen LogP contribution >= 0.6 is 0 Å². The maximum atomic E-state index is 11.1. The molecule has 1 aromatic carbocycles. The number of aromatic amines is 1. The van der Waals surface area contributed by atoms with E-state index >= 15 is 0 Å². The summed E-state index contributed by atoms with van der Waals surface area (Å²) in [5, 5.41) is 9.29. The number of rotatable bonds is 2. The number of benzene rings is 1. The summed E-state index contributed by atoms with van der Waals surface area (Å²) in [6.45, 7) is 3.83. The lowest BCUT2D eigenvalue weighted by Gasteiger charge is -2.22. The fraction of sp³-hybridized carbons (Fsp3) is 0.364. The minimum absolute atomic E-state index is 0.0132. The third kappa shape index (κ3) is 1.57. The molecule has 80 valence electrons. The molecule has 0 saturated heterocycles. The average molecular weight is 207 g/mol. The number of H-pyrrole nitrogens is 1. The van der Waals surface area contributed by atoms with Gasteiger partial charge in [0.25, 0.3) is 0 Å². The third-order valence-electron chi connectivity index (χ3n) is 2.58. The molecule has 2 aromatic rings. The summed E-state index contributed by atoms with van der Waals surface area (Å²) in [4.78, 5) is 13.7. The molecule has 4 nitrogen and oxygen atoms in total. The SMILES string of the molecule is CC(C)(CO)c1cccc2oc(=O)[nH]c12. The zero-order valence-electron chi connectivity index (χ0n) is 8.70. The van der Waals surface area contributed by atoms with E-state index in [0.29, 0.717) is 11.1 Å². The number of hydrogen-bond donors (Lipinski definition) is 2. The molecule has 2 rings (SSSR count). The van der Waals surface area contributed by atoms with Gasteiger partial charge in [-0.25, -0.2) is 4.79 Å². The van der Waals surface area contributed by atoms with E-state index in [4.69, 9.17) is 4.42 Å². The lowest BCUT2D eigenvalue weighted by atomic mass is 9.85. The van der Waals surface area contributed by atoms with E-state index in [1.54, 1.807) is 6.07 Å². The number of para-hydroxylation sites is 1. The van der Waals surface area contributed by atoms with Crippen LogP contribution in [0.1, 0.15) is 19.4 Å². The van der Waals surface area contributed by atoms with Crippen molar-refractivity contribution in [2.45, 2.75) is 19.3 Å². The van der Waals surface area contributed by atoms with Crippen LogP contribution in [0.4, 0.5) is 0 Å². The Balaban J connectivity index is 2.76. The minimum Gasteiger partial charge on any atom is -0.408 e. The van der Waals surface area contributed by atoms with Crippen LogP contribution in [-0.2, 0) is 5.41 Å². The average Bonchev–Trinajstić information content (AvgIpc) is 2.57. The van der Waals surface area contributed by atoms with Gasteiger partial charge < -0.3 is 9.52 Å². The van der Waals surface area contributed by atoms with E-state index in [1.807, 2.05) is 26.0 Å². The maximum Gasteiger partial charge on any atom is 0.417 e. The molecule has 0 spiro atoms. The van der Waals surface area contributed by atoms with Gasteiger partial charge in [0, 0.05) is 5.41 Å². The standard InChI is InChI=1S/C11H13NO3/c1-11(2,6-13)7-4-3-5-8-9(7)12-10(14)15-8/h3-5,13H,6H2,1-2H3,(H,12,14). The van der Waals surface area contributed by atoms with Gasteiger partial charge in [-0.3, -0.25) is 4.98 Å². The Labute approximate surface area is 86.5 Å². The number of hydrogen-bond acceptors (Lipinski definition) is 3. The van der Waals surface area contributed by atoms with E-state index in [1.165, 1.54) is 0 Å².